The van der Waals surface area contributed by atoms with E-state index >= 15 is 0 Å². The number of nitrogens with one attached hydrogen (secondary N) is 2. The quantitative estimate of drug-likeness (QED) is 0.572. The van der Waals surface area contributed by atoms with E-state index < -0.39 is 0 Å². The summed E-state index contributed by atoms with van der Waals surface area (Å²) in [6.07, 6.45) is 3.11. The number of rotatable bonds is 5. The highest BCUT2D eigenvalue weighted by atomic mass is 16.1. The fourth-order valence-corrected chi connectivity index (χ4v) is 3.03. The number of carbonyl (C=O) groups is 1. The lowest BCUT2D eigenvalue weighted by molar-refractivity contribution is -0.116. The molecular formula is C21H18N4O2. The van der Waals surface area contributed by atoms with E-state index in [2.05, 4.69) is 20.3 Å². The van der Waals surface area contributed by atoms with Crippen molar-refractivity contribution in [1.29, 1.82) is 0 Å². The average Bonchev–Trinajstić information content (AvgIpc) is 2.68. The number of carbonyl (C=O) groups excluding carboxylic acids is 1. The number of para-hydroxylation sites is 2. The first-order valence-electron chi connectivity index (χ1n) is 8.82. The predicted octanol–water partition coefficient (Wildman–Crippen LogP) is 3.43. The number of anilines is 1. The van der Waals surface area contributed by atoms with Gasteiger partial charge in [0.05, 0.1) is 28.3 Å². The highest BCUT2D eigenvalue weighted by molar-refractivity contribution is 5.93. The zero-order valence-corrected chi connectivity index (χ0v) is 14.6. The van der Waals surface area contributed by atoms with Crippen molar-refractivity contribution in [1.82, 2.24) is 15.0 Å². The summed E-state index contributed by atoms with van der Waals surface area (Å²) < 4.78 is 0. The van der Waals surface area contributed by atoms with E-state index in [-0.39, 0.29) is 11.5 Å². The molecule has 0 fully saturated rings. The maximum Gasteiger partial charge on any atom is 0.258 e. The van der Waals surface area contributed by atoms with Gasteiger partial charge < -0.3 is 10.3 Å². The zero-order chi connectivity index (χ0) is 18.6. The molecular weight excluding hydrogens is 340 g/mol. The van der Waals surface area contributed by atoms with Crippen LogP contribution in [0.4, 0.5) is 5.69 Å². The Bertz CT molecular complexity index is 1180. The molecule has 6 nitrogen and oxygen atoms in total. The van der Waals surface area contributed by atoms with Crippen molar-refractivity contribution in [2.24, 2.45) is 0 Å². The monoisotopic (exact) mass is 358 g/mol. The van der Waals surface area contributed by atoms with Gasteiger partial charge in [0, 0.05) is 18.2 Å². The van der Waals surface area contributed by atoms with Crippen LogP contribution in [0, 0.1) is 0 Å². The van der Waals surface area contributed by atoms with E-state index in [1.54, 1.807) is 12.3 Å². The third kappa shape index (κ3) is 3.84. The Labute approximate surface area is 155 Å². The van der Waals surface area contributed by atoms with Gasteiger partial charge >= 0.3 is 0 Å². The van der Waals surface area contributed by atoms with Gasteiger partial charge in [-0.2, -0.15) is 0 Å². The van der Waals surface area contributed by atoms with Crippen LogP contribution in [0.25, 0.3) is 21.8 Å². The van der Waals surface area contributed by atoms with Gasteiger partial charge in [0.1, 0.15) is 5.82 Å². The molecule has 2 N–H and O–H groups in total. The topological polar surface area (TPSA) is 87.7 Å². The lowest BCUT2D eigenvalue weighted by Gasteiger charge is -2.06. The molecule has 2 heterocycles. The maximum atomic E-state index is 12.2. The molecule has 134 valence electrons. The van der Waals surface area contributed by atoms with Gasteiger partial charge in [-0.3, -0.25) is 14.6 Å². The maximum absolute atomic E-state index is 12.2. The zero-order valence-electron chi connectivity index (χ0n) is 14.6. The first-order valence-corrected chi connectivity index (χ1v) is 8.82. The summed E-state index contributed by atoms with van der Waals surface area (Å²) in [4.78, 5) is 35.8. The fraction of sp³-hybridized carbons (Fsp3) is 0.143. The minimum atomic E-state index is -0.151. The molecule has 4 aromatic rings. The molecule has 0 aliphatic heterocycles. The number of hydrogen-bond donors (Lipinski definition) is 2. The van der Waals surface area contributed by atoms with Crippen LogP contribution in [0.1, 0.15) is 18.7 Å². The summed E-state index contributed by atoms with van der Waals surface area (Å²) in [5.41, 5.74) is 2.09. The minimum Gasteiger partial charge on any atom is -0.325 e. The molecule has 0 radical (unpaired) electrons. The van der Waals surface area contributed by atoms with Gasteiger partial charge in [-0.25, -0.2) is 4.98 Å². The van der Waals surface area contributed by atoms with Crippen molar-refractivity contribution in [2.45, 2.75) is 19.3 Å². The molecule has 0 atom stereocenters. The van der Waals surface area contributed by atoms with Gasteiger partial charge in [0.25, 0.3) is 5.56 Å². The number of aryl methyl sites for hydroxylation is 1. The second-order valence-electron chi connectivity index (χ2n) is 6.35. The Balaban J connectivity index is 1.37. The molecule has 0 aliphatic carbocycles. The van der Waals surface area contributed by atoms with Crippen LogP contribution >= 0.6 is 0 Å². The molecule has 0 unspecified atom stereocenters. The number of H-pyrrole nitrogens is 1. The predicted molar refractivity (Wildman–Crippen MR) is 106 cm³/mol. The summed E-state index contributed by atoms with van der Waals surface area (Å²) in [5, 5.41) is 4.42. The molecule has 27 heavy (non-hydrogen) atoms. The van der Waals surface area contributed by atoms with Crippen molar-refractivity contribution >= 4 is 33.4 Å². The SMILES string of the molecule is O=C(CCCc1nc2ccccc2c(=O)[nH]1)Nc1cnc2ccccc2c1. The Hall–Kier alpha value is -3.54. The third-order valence-corrected chi connectivity index (χ3v) is 4.35. The van der Waals surface area contributed by atoms with E-state index in [1.165, 1.54) is 0 Å². The Morgan fingerprint density at radius 3 is 2.70 bits per heavy atom. The van der Waals surface area contributed by atoms with Crippen LogP contribution in [-0.2, 0) is 11.2 Å². The van der Waals surface area contributed by atoms with E-state index in [1.807, 2.05) is 48.5 Å². The third-order valence-electron chi connectivity index (χ3n) is 4.35. The number of aromatic amines is 1. The van der Waals surface area contributed by atoms with Crippen molar-refractivity contribution in [3.8, 4) is 0 Å². The molecule has 1 amide bonds. The van der Waals surface area contributed by atoms with E-state index in [4.69, 9.17) is 0 Å². The molecule has 0 spiro atoms. The van der Waals surface area contributed by atoms with Crippen LogP contribution in [0.15, 0.2) is 65.6 Å². The lowest BCUT2D eigenvalue weighted by atomic mass is 10.2. The molecule has 6 heteroatoms. The molecule has 4 rings (SSSR count). The van der Waals surface area contributed by atoms with Gasteiger partial charge in [0.15, 0.2) is 0 Å². The lowest BCUT2D eigenvalue weighted by Crippen LogP contribution is -2.14. The summed E-state index contributed by atoms with van der Waals surface area (Å²) in [5.74, 6) is 0.508. The second-order valence-corrected chi connectivity index (χ2v) is 6.35. The summed E-state index contributed by atoms with van der Waals surface area (Å²) in [7, 11) is 0. The van der Waals surface area contributed by atoms with Crippen molar-refractivity contribution in [3.63, 3.8) is 0 Å². The smallest absolute Gasteiger partial charge is 0.258 e. The standard InChI is InChI=1S/C21H18N4O2/c26-20(23-15-12-14-6-1-3-8-17(14)22-13-15)11-5-10-19-24-18-9-4-2-7-16(18)21(27)25-19/h1-4,6-9,12-13H,5,10-11H2,(H,23,26)(H,24,25,27). The number of nitrogens with zero attached hydrogens (tertiary/aromatic N) is 2. The number of hydrogen-bond acceptors (Lipinski definition) is 4. The first kappa shape index (κ1) is 16.9. The second kappa shape index (κ2) is 7.37. The van der Waals surface area contributed by atoms with Crippen LogP contribution in [0.5, 0.6) is 0 Å². The number of fused-ring (bicyclic) bond motifs is 2. The largest absolute Gasteiger partial charge is 0.325 e. The van der Waals surface area contributed by atoms with Gasteiger partial charge in [-0.1, -0.05) is 30.3 Å². The molecule has 2 aromatic heterocycles. The fourth-order valence-electron chi connectivity index (χ4n) is 3.03. The van der Waals surface area contributed by atoms with Crippen molar-refractivity contribution in [2.75, 3.05) is 5.32 Å². The molecule has 0 saturated heterocycles. The number of benzene rings is 2. The van der Waals surface area contributed by atoms with Crippen molar-refractivity contribution < 1.29 is 4.79 Å². The number of amides is 1. The average molecular weight is 358 g/mol. The molecule has 0 aliphatic rings. The normalized spacial score (nSPS) is 11.0. The van der Waals surface area contributed by atoms with Gasteiger partial charge in [0.2, 0.25) is 5.91 Å². The minimum absolute atomic E-state index is 0.0878. The van der Waals surface area contributed by atoms with E-state index in [0.29, 0.717) is 41.7 Å². The Morgan fingerprint density at radius 1 is 1.04 bits per heavy atom. The molecule has 0 bridgehead atoms. The van der Waals surface area contributed by atoms with Gasteiger partial charge in [-0.15, -0.1) is 0 Å². The Kier molecular flexibility index (Phi) is 4.61. The first-order chi connectivity index (χ1) is 13.2. The van der Waals surface area contributed by atoms with Crippen LogP contribution in [0.2, 0.25) is 0 Å². The summed E-state index contributed by atoms with van der Waals surface area (Å²) in [6.45, 7) is 0. The summed E-state index contributed by atoms with van der Waals surface area (Å²) >= 11 is 0. The molecule has 0 saturated carbocycles. The highest BCUT2D eigenvalue weighted by Gasteiger charge is 2.07. The van der Waals surface area contributed by atoms with Crippen molar-refractivity contribution in [3.05, 3.63) is 77.0 Å². The number of aromatic nitrogens is 3. The summed E-state index contributed by atoms with van der Waals surface area (Å²) in [6, 6.07) is 16.9. The van der Waals surface area contributed by atoms with E-state index in [0.717, 1.165) is 10.9 Å². The van der Waals surface area contributed by atoms with Crippen LogP contribution in [0.3, 0.4) is 0 Å². The molecule has 2 aromatic carbocycles. The highest BCUT2D eigenvalue weighted by Crippen LogP contribution is 2.16. The van der Waals surface area contributed by atoms with Crippen LogP contribution < -0.4 is 10.9 Å². The van der Waals surface area contributed by atoms with Crippen LogP contribution in [-0.4, -0.2) is 20.9 Å². The van der Waals surface area contributed by atoms with Gasteiger partial charge in [-0.05, 0) is 30.7 Å². The Morgan fingerprint density at radius 2 is 1.81 bits per heavy atom. The van der Waals surface area contributed by atoms with E-state index in [9.17, 15) is 9.59 Å². The number of pyridine rings is 1.